The van der Waals surface area contributed by atoms with E-state index in [9.17, 15) is 9.59 Å². The molecule has 0 aliphatic rings. The molecule has 26 heavy (non-hydrogen) atoms. The molecular weight excluding hydrogens is 330 g/mol. The highest BCUT2D eigenvalue weighted by Gasteiger charge is 2.16. The summed E-state index contributed by atoms with van der Waals surface area (Å²) in [6.45, 7) is 8.58. The van der Waals surface area contributed by atoms with Crippen LogP contribution in [0.15, 0.2) is 29.1 Å². The number of aryl methyl sites for hydroxylation is 2. The molecule has 0 fully saturated rings. The number of hydrogen-bond acceptors (Lipinski definition) is 4. The first-order chi connectivity index (χ1) is 12.4. The molecule has 2 aromatic heterocycles. The Hall–Kier alpha value is -3.09. The zero-order valence-corrected chi connectivity index (χ0v) is 15.4. The molecule has 0 saturated carbocycles. The van der Waals surface area contributed by atoms with Crippen molar-refractivity contribution in [1.29, 1.82) is 0 Å². The van der Waals surface area contributed by atoms with Gasteiger partial charge in [0.2, 0.25) is 0 Å². The summed E-state index contributed by atoms with van der Waals surface area (Å²) in [5.41, 5.74) is 4.86. The van der Waals surface area contributed by atoms with Crippen LogP contribution in [0.5, 0.6) is 0 Å². The lowest BCUT2D eigenvalue weighted by Crippen LogP contribution is -2.26. The number of anilines is 1. The summed E-state index contributed by atoms with van der Waals surface area (Å²) >= 11 is 0. The van der Waals surface area contributed by atoms with Gasteiger partial charge in [-0.3, -0.25) is 14.7 Å². The zero-order valence-electron chi connectivity index (χ0n) is 15.4. The van der Waals surface area contributed by atoms with E-state index in [0.29, 0.717) is 16.8 Å². The van der Waals surface area contributed by atoms with Gasteiger partial charge in [-0.2, -0.15) is 0 Å². The molecule has 7 heteroatoms. The molecule has 0 spiro atoms. The Labute approximate surface area is 151 Å². The van der Waals surface area contributed by atoms with E-state index in [1.165, 1.54) is 0 Å². The zero-order chi connectivity index (χ0) is 18.8. The Bertz CT molecular complexity index is 1030. The van der Waals surface area contributed by atoms with Crippen LogP contribution in [-0.4, -0.2) is 27.0 Å². The first-order valence-corrected chi connectivity index (χ1v) is 8.62. The van der Waals surface area contributed by atoms with Crippen molar-refractivity contribution >= 4 is 17.2 Å². The molecule has 3 N–H and O–H groups in total. The average Bonchev–Trinajstić information content (AvgIpc) is 2.91. The largest absolute Gasteiger partial charge is 0.385 e. The standard InChI is InChI=1S/C19H23N5O2/c1-5-20-16-8-6-7-14(13(16)4)18(25)21-10-15-17-22-11(2)9-12(3)24(17)23-19(15)26/h6-9,20H,5,10H2,1-4H3,(H,21,25)(H,23,26). The summed E-state index contributed by atoms with van der Waals surface area (Å²) in [4.78, 5) is 29.3. The second-order valence-corrected chi connectivity index (χ2v) is 6.31. The minimum absolute atomic E-state index is 0.117. The van der Waals surface area contributed by atoms with E-state index in [4.69, 9.17) is 0 Å². The molecular formula is C19H23N5O2. The van der Waals surface area contributed by atoms with Crippen LogP contribution in [-0.2, 0) is 6.54 Å². The van der Waals surface area contributed by atoms with Crippen LogP contribution in [0.25, 0.3) is 5.65 Å². The summed E-state index contributed by atoms with van der Waals surface area (Å²) in [6, 6.07) is 7.45. The number of fused-ring (bicyclic) bond motifs is 1. The summed E-state index contributed by atoms with van der Waals surface area (Å²) in [6.07, 6.45) is 0. The first kappa shape index (κ1) is 17.7. The van der Waals surface area contributed by atoms with Crippen molar-refractivity contribution < 1.29 is 4.79 Å². The molecule has 0 aliphatic carbocycles. The molecule has 0 radical (unpaired) electrons. The number of rotatable bonds is 5. The molecule has 1 amide bonds. The fourth-order valence-electron chi connectivity index (χ4n) is 3.08. The summed E-state index contributed by atoms with van der Waals surface area (Å²) in [5, 5.41) is 8.84. The van der Waals surface area contributed by atoms with Crippen LogP contribution in [0, 0.1) is 20.8 Å². The maximum atomic E-state index is 12.6. The fourth-order valence-corrected chi connectivity index (χ4v) is 3.08. The van der Waals surface area contributed by atoms with Gasteiger partial charge in [0.05, 0.1) is 12.1 Å². The van der Waals surface area contributed by atoms with Crippen molar-refractivity contribution in [1.82, 2.24) is 19.9 Å². The van der Waals surface area contributed by atoms with Gasteiger partial charge in [-0.05, 0) is 51.5 Å². The van der Waals surface area contributed by atoms with E-state index in [2.05, 4.69) is 20.7 Å². The average molecular weight is 353 g/mol. The molecule has 0 unspecified atom stereocenters. The number of carbonyl (C=O) groups excluding carboxylic acids is 1. The van der Waals surface area contributed by atoms with Gasteiger partial charge in [0.15, 0.2) is 5.65 Å². The highest BCUT2D eigenvalue weighted by molar-refractivity contribution is 5.97. The first-order valence-electron chi connectivity index (χ1n) is 8.62. The van der Waals surface area contributed by atoms with Crippen molar-refractivity contribution in [2.75, 3.05) is 11.9 Å². The number of benzene rings is 1. The van der Waals surface area contributed by atoms with Crippen molar-refractivity contribution in [3.8, 4) is 0 Å². The summed E-state index contributed by atoms with van der Waals surface area (Å²) < 4.78 is 1.65. The number of H-pyrrole nitrogens is 1. The summed E-state index contributed by atoms with van der Waals surface area (Å²) in [7, 11) is 0. The van der Waals surface area contributed by atoms with Crippen molar-refractivity contribution in [3.63, 3.8) is 0 Å². The molecule has 0 bridgehead atoms. The van der Waals surface area contributed by atoms with E-state index in [1.54, 1.807) is 10.6 Å². The van der Waals surface area contributed by atoms with Crippen molar-refractivity contribution in [2.24, 2.45) is 0 Å². The monoisotopic (exact) mass is 353 g/mol. The predicted octanol–water partition coefficient (Wildman–Crippen LogP) is 2.31. The Kier molecular flexibility index (Phi) is 4.79. The third kappa shape index (κ3) is 3.20. The van der Waals surface area contributed by atoms with E-state index < -0.39 is 0 Å². The number of aromatic nitrogens is 3. The van der Waals surface area contributed by atoms with Crippen LogP contribution in [0.2, 0.25) is 0 Å². The van der Waals surface area contributed by atoms with Gasteiger partial charge in [0.25, 0.3) is 11.5 Å². The minimum atomic E-state index is -0.246. The maximum absolute atomic E-state index is 12.6. The molecule has 1 aromatic carbocycles. The van der Waals surface area contributed by atoms with Gasteiger partial charge < -0.3 is 10.6 Å². The lowest BCUT2D eigenvalue weighted by molar-refractivity contribution is 0.0950. The molecule has 3 aromatic rings. The third-order valence-electron chi connectivity index (χ3n) is 4.39. The number of carbonyl (C=O) groups is 1. The highest BCUT2D eigenvalue weighted by Crippen LogP contribution is 2.19. The van der Waals surface area contributed by atoms with Gasteiger partial charge in [0.1, 0.15) is 0 Å². The topological polar surface area (TPSA) is 91.3 Å². The minimum Gasteiger partial charge on any atom is -0.385 e. The Morgan fingerprint density at radius 3 is 2.77 bits per heavy atom. The highest BCUT2D eigenvalue weighted by atomic mass is 16.2. The van der Waals surface area contributed by atoms with Gasteiger partial charge in [-0.25, -0.2) is 9.50 Å². The van der Waals surface area contributed by atoms with Gasteiger partial charge in [-0.1, -0.05) is 6.07 Å². The number of nitrogens with one attached hydrogen (secondary N) is 3. The second kappa shape index (κ2) is 7.03. The summed E-state index contributed by atoms with van der Waals surface area (Å²) in [5.74, 6) is -0.217. The smallest absolute Gasteiger partial charge is 0.271 e. The van der Waals surface area contributed by atoms with Gasteiger partial charge in [-0.15, -0.1) is 0 Å². The van der Waals surface area contributed by atoms with Crippen molar-refractivity contribution in [3.05, 3.63) is 62.7 Å². The Morgan fingerprint density at radius 2 is 2.04 bits per heavy atom. The van der Waals surface area contributed by atoms with E-state index in [1.807, 2.05) is 45.9 Å². The molecule has 136 valence electrons. The van der Waals surface area contributed by atoms with Crippen molar-refractivity contribution in [2.45, 2.75) is 34.2 Å². The second-order valence-electron chi connectivity index (χ2n) is 6.31. The van der Waals surface area contributed by atoms with Crippen LogP contribution < -0.4 is 16.2 Å². The molecule has 2 heterocycles. The van der Waals surface area contributed by atoms with E-state index in [-0.39, 0.29) is 18.0 Å². The maximum Gasteiger partial charge on any atom is 0.271 e. The molecule has 0 saturated heterocycles. The fraction of sp³-hybridized carbons (Fsp3) is 0.316. The normalized spacial score (nSPS) is 10.9. The van der Waals surface area contributed by atoms with Crippen LogP contribution >= 0.6 is 0 Å². The SMILES string of the molecule is CCNc1cccc(C(=O)NCc2c(=O)[nH]n3c(C)cc(C)nc23)c1C. The number of nitrogens with zero attached hydrogens (tertiary/aromatic N) is 2. The lowest BCUT2D eigenvalue weighted by atomic mass is 10.1. The number of hydrogen-bond donors (Lipinski definition) is 3. The third-order valence-corrected chi connectivity index (χ3v) is 4.39. The molecule has 0 atom stereocenters. The number of aromatic amines is 1. The predicted molar refractivity (Wildman–Crippen MR) is 102 cm³/mol. The molecule has 3 rings (SSSR count). The van der Waals surface area contributed by atoms with Crippen LogP contribution in [0.1, 0.15) is 39.8 Å². The van der Waals surface area contributed by atoms with Gasteiger partial charge in [0, 0.05) is 29.2 Å². The molecule has 7 nitrogen and oxygen atoms in total. The quantitative estimate of drug-likeness (QED) is 0.656. The van der Waals surface area contributed by atoms with Gasteiger partial charge >= 0.3 is 0 Å². The van der Waals surface area contributed by atoms with Crippen LogP contribution in [0.3, 0.4) is 0 Å². The van der Waals surface area contributed by atoms with Crippen LogP contribution in [0.4, 0.5) is 5.69 Å². The lowest BCUT2D eigenvalue weighted by Gasteiger charge is -2.12. The Morgan fingerprint density at radius 1 is 1.27 bits per heavy atom. The van der Waals surface area contributed by atoms with E-state index >= 15 is 0 Å². The Balaban J connectivity index is 1.87. The van der Waals surface area contributed by atoms with E-state index in [0.717, 1.165) is 29.2 Å². The number of amides is 1. The molecule has 0 aliphatic heterocycles.